The number of hydrogen-bond donors (Lipinski definition) is 1. The van der Waals surface area contributed by atoms with Crippen molar-refractivity contribution in [1.29, 1.82) is 0 Å². The number of carbonyl (C=O) groups is 3. The summed E-state index contributed by atoms with van der Waals surface area (Å²) >= 11 is 5.84. The average molecular weight is 394 g/mol. The lowest BCUT2D eigenvalue weighted by atomic mass is 10.1. The van der Waals surface area contributed by atoms with Crippen molar-refractivity contribution in [1.82, 2.24) is 15.1 Å². The van der Waals surface area contributed by atoms with E-state index in [2.05, 4.69) is 5.32 Å². The van der Waals surface area contributed by atoms with E-state index in [1.165, 1.54) is 0 Å². The van der Waals surface area contributed by atoms with Gasteiger partial charge in [0, 0.05) is 36.8 Å². The summed E-state index contributed by atoms with van der Waals surface area (Å²) in [5.74, 6) is -0.477. The first-order chi connectivity index (χ1) is 12.9. The highest BCUT2D eigenvalue weighted by molar-refractivity contribution is 6.30. The van der Waals surface area contributed by atoms with Gasteiger partial charge >= 0.3 is 6.09 Å². The number of halogens is 1. The topological polar surface area (TPSA) is 79.0 Å². The number of piperazine rings is 1. The van der Waals surface area contributed by atoms with Crippen LogP contribution in [0.1, 0.15) is 19.4 Å². The van der Waals surface area contributed by atoms with Gasteiger partial charge in [-0.2, -0.15) is 0 Å². The molecule has 0 unspecified atom stereocenters. The molecule has 1 N–H and O–H groups in total. The molecule has 1 aromatic carbocycles. The second-order valence-corrected chi connectivity index (χ2v) is 6.56. The lowest BCUT2D eigenvalue weighted by Gasteiger charge is -2.34. The monoisotopic (exact) mass is 393 g/mol. The molecule has 0 radical (unpaired) electrons. The van der Waals surface area contributed by atoms with Crippen LogP contribution in [0.15, 0.2) is 29.8 Å². The van der Waals surface area contributed by atoms with E-state index < -0.39 is 0 Å². The fourth-order valence-electron chi connectivity index (χ4n) is 2.63. The lowest BCUT2D eigenvalue weighted by Crippen LogP contribution is -2.52. The van der Waals surface area contributed by atoms with E-state index in [0.29, 0.717) is 43.4 Å². The van der Waals surface area contributed by atoms with Gasteiger partial charge in [-0.15, -0.1) is 0 Å². The largest absolute Gasteiger partial charge is 0.450 e. The van der Waals surface area contributed by atoms with Crippen LogP contribution in [0.2, 0.25) is 5.02 Å². The summed E-state index contributed by atoms with van der Waals surface area (Å²) in [5.41, 5.74) is 1.35. The first-order valence-electron chi connectivity index (χ1n) is 8.82. The molecular formula is C19H24ClN3O4. The predicted molar refractivity (Wildman–Crippen MR) is 103 cm³/mol. The third-order valence-corrected chi connectivity index (χ3v) is 4.42. The summed E-state index contributed by atoms with van der Waals surface area (Å²) in [4.78, 5) is 39.3. The van der Waals surface area contributed by atoms with Crippen LogP contribution in [0, 0.1) is 0 Å². The van der Waals surface area contributed by atoms with Crippen LogP contribution in [0.3, 0.4) is 0 Å². The van der Waals surface area contributed by atoms with E-state index in [0.717, 1.165) is 5.56 Å². The maximum Gasteiger partial charge on any atom is 0.409 e. The zero-order valence-corrected chi connectivity index (χ0v) is 16.3. The predicted octanol–water partition coefficient (Wildman–Crippen LogP) is 2.16. The van der Waals surface area contributed by atoms with Crippen LogP contribution in [0.4, 0.5) is 4.79 Å². The van der Waals surface area contributed by atoms with Crippen LogP contribution in [0.25, 0.3) is 6.08 Å². The normalized spacial score (nSPS) is 14.7. The van der Waals surface area contributed by atoms with Crippen molar-refractivity contribution in [3.63, 3.8) is 0 Å². The first kappa shape index (κ1) is 20.8. The molecule has 27 heavy (non-hydrogen) atoms. The van der Waals surface area contributed by atoms with Gasteiger partial charge in [0.25, 0.3) is 0 Å². The molecular weight excluding hydrogens is 370 g/mol. The molecule has 1 fully saturated rings. The minimum absolute atomic E-state index is 0.0793. The lowest BCUT2D eigenvalue weighted by molar-refractivity contribution is -0.133. The third-order valence-electron chi connectivity index (χ3n) is 4.17. The molecule has 1 heterocycles. The SMILES string of the molecule is CCOC(=O)N1CCN(C(=O)CNC(=O)/C(C)=C/c2ccc(Cl)cc2)CC1. The highest BCUT2D eigenvalue weighted by Gasteiger charge is 2.24. The Bertz CT molecular complexity index is 710. The minimum atomic E-state index is -0.360. The Morgan fingerprint density at radius 2 is 1.70 bits per heavy atom. The number of amides is 3. The second-order valence-electron chi connectivity index (χ2n) is 6.13. The Balaban J connectivity index is 1.79. The van der Waals surface area contributed by atoms with Crippen molar-refractivity contribution in [2.75, 3.05) is 39.3 Å². The zero-order chi connectivity index (χ0) is 19.8. The summed E-state index contributed by atoms with van der Waals surface area (Å²) in [6.07, 6.45) is 1.37. The van der Waals surface area contributed by atoms with Crippen molar-refractivity contribution >= 4 is 35.6 Å². The van der Waals surface area contributed by atoms with E-state index in [9.17, 15) is 14.4 Å². The average Bonchev–Trinajstić information content (AvgIpc) is 2.67. The zero-order valence-electron chi connectivity index (χ0n) is 15.5. The molecule has 1 aliphatic heterocycles. The van der Waals surface area contributed by atoms with E-state index >= 15 is 0 Å². The highest BCUT2D eigenvalue weighted by Crippen LogP contribution is 2.12. The number of benzene rings is 1. The van der Waals surface area contributed by atoms with E-state index in [-0.39, 0.29) is 24.5 Å². The van der Waals surface area contributed by atoms with Gasteiger partial charge in [0.15, 0.2) is 0 Å². The van der Waals surface area contributed by atoms with Crippen molar-refractivity contribution in [3.8, 4) is 0 Å². The van der Waals surface area contributed by atoms with Crippen LogP contribution in [-0.2, 0) is 14.3 Å². The smallest absolute Gasteiger partial charge is 0.409 e. The molecule has 0 aliphatic carbocycles. The van der Waals surface area contributed by atoms with Crippen molar-refractivity contribution in [2.45, 2.75) is 13.8 Å². The summed E-state index contributed by atoms with van der Waals surface area (Å²) < 4.78 is 4.95. The Labute approximate surface area is 163 Å². The van der Waals surface area contributed by atoms with Gasteiger partial charge in [-0.05, 0) is 37.6 Å². The third kappa shape index (κ3) is 6.29. The first-order valence-corrected chi connectivity index (χ1v) is 9.20. The molecule has 1 aromatic rings. The van der Waals surface area contributed by atoms with E-state index in [1.807, 2.05) is 12.1 Å². The van der Waals surface area contributed by atoms with Gasteiger partial charge in [0.2, 0.25) is 11.8 Å². The maximum absolute atomic E-state index is 12.3. The number of rotatable bonds is 5. The maximum atomic E-state index is 12.3. The Kier molecular flexibility index (Phi) is 7.67. The fourth-order valence-corrected chi connectivity index (χ4v) is 2.76. The quantitative estimate of drug-likeness (QED) is 0.777. The second kappa shape index (κ2) is 9.97. The van der Waals surface area contributed by atoms with Gasteiger partial charge in [0.05, 0.1) is 13.2 Å². The van der Waals surface area contributed by atoms with Gasteiger partial charge in [-0.1, -0.05) is 23.7 Å². The van der Waals surface area contributed by atoms with Gasteiger partial charge in [-0.25, -0.2) is 4.79 Å². The molecule has 8 heteroatoms. The number of hydrogen-bond acceptors (Lipinski definition) is 4. The molecule has 1 saturated heterocycles. The summed E-state index contributed by atoms with van der Waals surface area (Å²) in [6.45, 7) is 5.38. The number of nitrogens with one attached hydrogen (secondary N) is 1. The van der Waals surface area contributed by atoms with E-state index in [4.69, 9.17) is 16.3 Å². The van der Waals surface area contributed by atoms with Crippen molar-refractivity contribution in [2.24, 2.45) is 0 Å². The molecule has 146 valence electrons. The van der Waals surface area contributed by atoms with E-state index in [1.54, 1.807) is 41.9 Å². The van der Waals surface area contributed by atoms with Gasteiger partial charge in [-0.3, -0.25) is 9.59 Å². The van der Waals surface area contributed by atoms with Crippen LogP contribution in [0.5, 0.6) is 0 Å². The molecule has 0 aromatic heterocycles. The molecule has 7 nitrogen and oxygen atoms in total. The molecule has 2 rings (SSSR count). The highest BCUT2D eigenvalue weighted by atomic mass is 35.5. The summed E-state index contributed by atoms with van der Waals surface area (Å²) in [5, 5.41) is 3.26. The summed E-state index contributed by atoms with van der Waals surface area (Å²) in [7, 11) is 0. The Morgan fingerprint density at radius 3 is 2.30 bits per heavy atom. The Hall–Kier alpha value is -2.54. The van der Waals surface area contributed by atoms with Crippen LogP contribution < -0.4 is 5.32 Å². The number of ether oxygens (including phenoxy) is 1. The van der Waals surface area contributed by atoms with Crippen molar-refractivity contribution < 1.29 is 19.1 Å². The van der Waals surface area contributed by atoms with Gasteiger partial charge in [0.1, 0.15) is 0 Å². The summed E-state index contributed by atoms with van der Waals surface area (Å²) in [6, 6.07) is 7.12. The van der Waals surface area contributed by atoms with Crippen LogP contribution >= 0.6 is 11.6 Å². The fraction of sp³-hybridized carbons (Fsp3) is 0.421. The Morgan fingerprint density at radius 1 is 1.11 bits per heavy atom. The number of carbonyl (C=O) groups excluding carboxylic acids is 3. The molecule has 0 saturated carbocycles. The minimum Gasteiger partial charge on any atom is -0.450 e. The molecule has 1 aliphatic rings. The molecule has 0 bridgehead atoms. The molecule has 0 atom stereocenters. The molecule has 0 spiro atoms. The number of nitrogens with zero attached hydrogens (tertiary/aromatic N) is 2. The molecule has 3 amide bonds. The van der Waals surface area contributed by atoms with Crippen LogP contribution in [-0.4, -0.2) is 67.0 Å². The van der Waals surface area contributed by atoms with Crippen molar-refractivity contribution in [3.05, 3.63) is 40.4 Å². The standard InChI is InChI=1S/C19H24ClN3O4/c1-3-27-19(26)23-10-8-22(9-11-23)17(24)13-21-18(25)14(2)12-15-4-6-16(20)7-5-15/h4-7,12H,3,8-11,13H2,1-2H3,(H,21,25)/b14-12+. The van der Waals surface area contributed by atoms with Gasteiger partial charge < -0.3 is 19.9 Å².